The van der Waals surface area contributed by atoms with Gasteiger partial charge in [-0.3, -0.25) is 0 Å². The smallest absolute Gasteiger partial charge is 0.129 e. The molecule has 0 spiro atoms. The normalized spacial score (nSPS) is 11.1. The zero-order valence-electron chi connectivity index (χ0n) is 20.4. The van der Waals surface area contributed by atoms with E-state index in [1.54, 1.807) is 0 Å². The molecule has 0 fully saturated rings. The number of hydrogen-bond donors (Lipinski definition) is 0. The van der Waals surface area contributed by atoms with Gasteiger partial charge >= 0.3 is 0 Å². The number of rotatable bonds is 3. The summed E-state index contributed by atoms with van der Waals surface area (Å²) >= 11 is 0. The van der Waals surface area contributed by atoms with Gasteiger partial charge in [-0.15, -0.1) is 11.1 Å². The van der Waals surface area contributed by atoms with Crippen molar-refractivity contribution in [2.45, 2.75) is 46.2 Å². The van der Waals surface area contributed by atoms with E-state index in [-0.39, 0.29) is 0 Å². The molecule has 0 N–H and O–H groups in total. The van der Waals surface area contributed by atoms with E-state index in [4.69, 9.17) is 0 Å². The summed E-state index contributed by atoms with van der Waals surface area (Å²) in [5.74, 6) is 6.71. The van der Waals surface area contributed by atoms with E-state index < -0.39 is 16.1 Å². The van der Waals surface area contributed by atoms with E-state index in [2.05, 4.69) is 147 Å². The minimum Gasteiger partial charge on any atom is -0.311 e. The van der Waals surface area contributed by atoms with Gasteiger partial charge in [-0.1, -0.05) is 68.8 Å². The second kappa shape index (κ2) is 9.66. The minimum absolute atomic E-state index is 1.07. The standard InChI is InChI=1S/C29H33NSi2/c1-24-8-14-27(15-9-24)30(28-16-10-25(11-17-28)20-22-31(2,3)4)29-18-12-26(13-19-29)21-23-32(5,6)7/h8-19H,1-7H3. The maximum absolute atomic E-state index is 3.45. The third-order valence-corrected chi connectivity index (χ3v) is 6.46. The maximum atomic E-state index is 3.45. The van der Waals surface area contributed by atoms with Gasteiger partial charge in [0.05, 0.1) is 0 Å². The van der Waals surface area contributed by atoms with Crippen LogP contribution in [-0.4, -0.2) is 16.1 Å². The monoisotopic (exact) mass is 451 g/mol. The van der Waals surface area contributed by atoms with Gasteiger partial charge in [0.15, 0.2) is 0 Å². The van der Waals surface area contributed by atoms with Gasteiger partial charge < -0.3 is 4.90 Å². The van der Waals surface area contributed by atoms with Crippen molar-refractivity contribution in [2.24, 2.45) is 0 Å². The Morgan fingerprint density at radius 1 is 0.500 bits per heavy atom. The Morgan fingerprint density at radius 2 is 0.812 bits per heavy atom. The van der Waals surface area contributed by atoms with Crippen molar-refractivity contribution in [2.75, 3.05) is 4.90 Å². The average Bonchev–Trinajstić information content (AvgIpc) is 2.73. The maximum Gasteiger partial charge on any atom is 0.129 e. The quantitative estimate of drug-likeness (QED) is 0.289. The van der Waals surface area contributed by atoms with E-state index in [0.717, 1.165) is 28.2 Å². The highest BCUT2D eigenvalue weighted by Gasteiger charge is 2.13. The molecule has 0 aliphatic heterocycles. The number of aryl methyl sites for hydroxylation is 1. The van der Waals surface area contributed by atoms with Gasteiger partial charge in [-0.2, -0.15) is 0 Å². The third kappa shape index (κ3) is 7.02. The van der Waals surface area contributed by atoms with Gasteiger partial charge in [-0.05, 0) is 67.6 Å². The Kier molecular flexibility index (Phi) is 7.14. The van der Waals surface area contributed by atoms with Gasteiger partial charge in [0.2, 0.25) is 0 Å². The summed E-state index contributed by atoms with van der Waals surface area (Å²) in [5, 5.41) is 0. The van der Waals surface area contributed by atoms with Crippen LogP contribution >= 0.6 is 0 Å². The fraction of sp³-hybridized carbons (Fsp3) is 0.241. The van der Waals surface area contributed by atoms with Crippen LogP contribution in [0.2, 0.25) is 39.3 Å². The Morgan fingerprint density at radius 3 is 1.12 bits per heavy atom. The van der Waals surface area contributed by atoms with Crippen molar-refractivity contribution in [3.63, 3.8) is 0 Å². The molecule has 0 atom stereocenters. The van der Waals surface area contributed by atoms with Crippen molar-refractivity contribution in [1.29, 1.82) is 0 Å². The van der Waals surface area contributed by atoms with E-state index in [1.165, 1.54) is 5.56 Å². The Bertz CT molecular complexity index is 1090. The molecule has 0 aliphatic carbocycles. The van der Waals surface area contributed by atoms with E-state index >= 15 is 0 Å². The molecule has 0 aliphatic rings. The first-order chi connectivity index (χ1) is 15.0. The first-order valence-electron chi connectivity index (χ1n) is 11.1. The molecular formula is C29H33NSi2. The van der Waals surface area contributed by atoms with Crippen LogP contribution in [0.1, 0.15) is 16.7 Å². The molecule has 0 amide bonds. The lowest BCUT2D eigenvalue weighted by molar-refractivity contribution is 1.27. The van der Waals surface area contributed by atoms with Crippen LogP contribution < -0.4 is 4.90 Å². The van der Waals surface area contributed by atoms with Crippen molar-refractivity contribution in [3.8, 4) is 22.9 Å². The molecule has 32 heavy (non-hydrogen) atoms. The molecule has 0 heterocycles. The van der Waals surface area contributed by atoms with Crippen LogP contribution in [0.25, 0.3) is 0 Å². The fourth-order valence-electron chi connectivity index (χ4n) is 3.05. The molecule has 1 nitrogen and oxygen atoms in total. The zero-order valence-corrected chi connectivity index (χ0v) is 22.4. The van der Waals surface area contributed by atoms with Crippen molar-refractivity contribution < 1.29 is 0 Å². The van der Waals surface area contributed by atoms with Crippen molar-refractivity contribution in [1.82, 2.24) is 0 Å². The summed E-state index contributed by atoms with van der Waals surface area (Å²) in [5.41, 5.74) is 13.7. The molecule has 0 radical (unpaired) electrons. The molecule has 0 saturated carbocycles. The van der Waals surface area contributed by atoms with Gasteiger partial charge in [0.25, 0.3) is 0 Å². The van der Waals surface area contributed by atoms with Crippen LogP contribution in [0.3, 0.4) is 0 Å². The molecule has 3 rings (SSSR count). The second-order valence-electron chi connectivity index (χ2n) is 10.3. The molecule has 0 bridgehead atoms. The fourth-order valence-corrected chi connectivity index (χ4v) is 4.09. The molecule has 0 saturated heterocycles. The van der Waals surface area contributed by atoms with Gasteiger partial charge in [0, 0.05) is 28.2 Å². The molecule has 3 heteroatoms. The molecular weight excluding hydrogens is 418 g/mol. The van der Waals surface area contributed by atoms with Crippen LogP contribution in [0.15, 0.2) is 72.8 Å². The lowest BCUT2D eigenvalue weighted by Gasteiger charge is -2.25. The van der Waals surface area contributed by atoms with Crippen LogP contribution in [-0.2, 0) is 0 Å². The van der Waals surface area contributed by atoms with Gasteiger partial charge in [-0.25, -0.2) is 0 Å². The number of hydrogen-bond acceptors (Lipinski definition) is 1. The first kappa shape index (κ1) is 23.7. The molecule has 3 aromatic carbocycles. The molecule has 3 aromatic rings. The van der Waals surface area contributed by atoms with Crippen LogP contribution in [0.4, 0.5) is 17.1 Å². The van der Waals surface area contributed by atoms with Gasteiger partial charge in [0.1, 0.15) is 16.1 Å². The summed E-state index contributed by atoms with van der Waals surface area (Å²) in [7, 11) is -2.78. The third-order valence-electron chi connectivity index (χ3n) is 4.71. The van der Waals surface area contributed by atoms with Crippen LogP contribution in [0, 0.1) is 29.9 Å². The second-order valence-corrected chi connectivity index (χ2v) is 19.8. The Labute approximate surface area is 196 Å². The first-order valence-corrected chi connectivity index (χ1v) is 18.1. The van der Waals surface area contributed by atoms with E-state index in [0.29, 0.717) is 0 Å². The lowest BCUT2D eigenvalue weighted by atomic mass is 10.1. The van der Waals surface area contributed by atoms with Crippen molar-refractivity contribution in [3.05, 3.63) is 89.5 Å². The van der Waals surface area contributed by atoms with E-state index in [1.807, 2.05) is 0 Å². The topological polar surface area (TPSA) is 3.24 Å². The lowest BCUT2D eigenvalue weighted by Crippen LogP contribution is -2.16. The summed E-state index contributed by atoms with van der Waals surface area (Å²) in [6.07, 6.45) is 0. The molecule has 162 valence electrons. The molecule has 0 aromatic heterocycles. The number of benzene rings is 3. The highest BCUT2D eigenvalue weighted by molar-refractivity contribution is 6.84. The van der Waals surface area contributed by atoms with E-state index in [9.17, 15) is 0 Å². The van der Waals surface area contributed by atoms with Crippen molar-refractivity contribution >= 4 is 33.2 Å². The summed E-state index contributed by atoms with van der Waals surface area (Å²) < 4.78 is 0. The zero-order chi connectivity index (χ0) is 23.4. The molecule has 0 unspecified atom stereocenters. The Hall–Kier alpha value is -2.99. The SMILES string of the molecule is Cc1ccc(N(c2ccc(C#C[Si](C)(C)C)cc2)c2ccc(C#C[Si](C)(C)C)cc2)cc1. The summed E-state index contributed by atoms with van der Waals surface area (Å²) in [4.78, 5) is 2.28. The highest BCUT2D eigenvalue weighted by Crippen LogP contribution is 2.34. The predicted molar refractivity (Wildman–Crippen MR) is 146 cm³/mol. The number of nitrogens with zero attached hydrogens (tertiary/aromatic N) is 1. The summed E-state index contributed by atoms with van der Waals surface area (Å²) in [6, 6.07) is 25.8. The predicted octanol–water partition coefficient (Wildman–Crippen LogP) is 7.92. The average molecular weight is 452 g/mol. The largest absolute Gasteiger partial charge is 0.311 e. The number of anilines is 3. The highest BCUT2D eigenvalue weighted by atomic mass is 28.3. The van der Waals surface area contributed by atoms with Crippen LogP contribution in [0.5, 0.6) is 0 Å². The minimum atomic E-state index is -1.39. The summed E-state index contributed by atoms with van der Waals surface area (Å²) in [6.45, 7) is 15.7. The Balaban J connectivity index is 1.99.